The molecule has 0 unspecified atom stereocenters. The van der Waals surface area contributed by atoms with Gasteiger partial charge in [0.05, 0.1) is 20.4 Å². The minimum absolute atomic E-state index is 0.102. The van der Waals surface area contributed by atoms with Crippen molar-refractivity contribution < 1.29 is 23.2 Å². The molecule has 0 saturated carbocycles. The average Bonchev–Trinajstić information content (AvgIpc) is 2.53. The molecule has 0 saturated heterocycles. The zero-order valence-corrected chi connectivity index (χ0v) is 12.5. The van der Waals surface area contributed by atoms with Crippen molar-refractivity contribution in [3.05, 3.63) is 58.6 Å². The van der Waals surface area contributed by atoms with E-state index in [1.54, 1.807) is 6.07 Å². The number of anilines is 1. The first-order valence-electron chi connectivity index (χ1n) is 6.36. The molecule has 0 bridgehead atoms. The number of hydrogen-bond donors (Lipinski definition) is 2. The second-order valence-corrected chi connectivity index (χ2v) is 6.42. The lowest BCUT2D eigenvalue weighted by Gasteiger charge is -2.11. The quantitative estimate of drug-likeness (QED) is 0.609. The zero-order valence-electron chi connectivity index (χ0n) is 11.7. The lowest BCUT2D eigenvalue weighted by molar-refractivity contribution is -0.384. The summed E-state index contributed by atoms with van der Waals surface area (Å²) in [6.45, 7) is -0.438. The van der Waals surface area contributed by atoms with Crippen LogP contribution in [-0.2, 0) is 14.6 Å². The van der Waals surface area contributed by atoms with Crippen LogP contribution in [-0.4, -0.2) is 31.0 Å². The van der Waals surface area contributed by atoms with Crippen molar-refractivity contribution in [3.8, 4) is 0 Å². The van der Waals surface area contributed by atoms with Gasteiger partial charge in [0.2, 0.25) is 9.84 Å². The fourth-order valence-corrected chi connectivity index (χ4v) is 3.33. The van der Waals surface area contributed by atoms with E-state index in [4.69, 9.17) is 5.11 Å². The average molecular weight is 336 g/mol. The van der Waals surface area contributed by atoms with Gasteiger partial charge in [-0.25, -0.2) is 8.42 Å². The van der Waals surface area contributed by atoms with Crippen LogP contribution < -0.4 is 5.32 Å². The Morgan fingerprint density at radius 1 is 1.13 bits per heavy atom. The molecule has 8 nitrogen and oxygen atoms in total. The number of hydrogen-bond acceptors (Lipinski definition) is 6. The van der Waals surface area contributed by atoms with E-state index in [1.807, 2.05) is 0 Å². The summed E-state index contributed by atoms with van der Waals surface area (Å²) in [5, 5.41) is 21.8. The second-order valence-electron chi connectivity index (χ2n) is 4.50. The number of nitrogens with one attached hydrogen (secondary N) is 1. The number of non-ortho nitro benzene ring substituents is 1. The van der Waals surface area contributed by atoms with Crippen molar-refractivity contribution in [2.45, 2.75) is 9.79 Å². The molecule has 0 aliphatic carbocycles. The van der Waals surface area contributed by atoms with Gasteiger partial charge in [-0.3, -0.25) is 14.9 Å². The number of nitrogens with zero attached hydrogens (tertiary/aromatic N) is 1. The molecular weight excluding hydrogens is 324 g/mol. The van der Waals surface area contributed by atoms with Crippen LogP contribution in [0.1, 0.15) is 0 Å². The maximum Gasteiger partial charge on any atom is 0.322 e. The standard InChI is InChI=1S/C14H12N2O6S/c17-14(18)9-15-12-3-1-2-4-13(12)23(21,22)11-7-5-10(6-8-11)16(19)20/h1-8,15H,9H2,(H,17,18). The SMILES string of the molecule is O=C(O)CNc1ccccc1S(=O)(=O)c1ccc([N+](=O)[O-])cc1. The zero-order chi connectivity index (χ0) is 17.0. The van der Waals surface area contributed by atoms with E-state index in [1.165, 1.54) is 18.2 Å². The summed E-state index contributed by atoms with van der Waals surface area (Å²) < 4.78 is 25.2. The third kappa shape index (κ3) is 3.64. The van der Waals surface area contributed by atoms with E-state index in [0.29, 0.717) is 0 Å². The lowest BCUT2D eigenvalue weighted by Crippen LogP contribution is -2.15. The van der Waals surface area contributed by atoms with Crippen molar-refractivity contribution >= 4 is 27.2 Å². The third-order valence-corrected chi connectivity index (χ3v) is 4.79. The minimum atomic E-state index is -3.94. The van der Waals surface area contributed by atoms with Crippen LogP contribution >= 0.6 is 0 Å². The molecule has 2 N–H and O–H groups in total. The highest BCUT2D eigenvalue weighted by Crippen LogP contribution is 2.28. The van der Waals surface area contributed by atoms with Gasteiger partial charge in [0, 0.05) is 12.1 Å². The molecule has 0 radical (unpaired) electrons. The van der Waals surface area contributed by atoms with Gasteiger partial charge in [-0.15, -0.1) is 0 Å². The van der Waals surface area contributed by atoms with Gasteiger partial charge in [-0.1, -0.05) is 12.1 Å². The normalized spacial score (nSPS) is 11.0. The van der Waals surface area contributed by atoms with Crippen LogP contribution in [0.3, 0.4) is 0 Å². The number of benzene rings is 2. The monoisotopic (exact) mass is 336 g/mol. The molecule has 0 aliphatic rings. The molecule has 2 aromatic rings. The Morgan fingerprint density at radius 3 is 2.30 bits per heavy atom. The smallest absolute Gasteiger partial charge is 0.322 e. The van der Waals surface area contributed by atoms with Gasteiger partial charge < -0.3 is 10.4 Å². The Bertz CT molecular complexity index is 846. The van der Waals surface area contributed by atoms with Crippen LogP contribution in [0.25, 0.3) is 0 Å². The molecule has 0 atom stereocenters. The lowest BCUT2D eigenvalue weighted by atomic mass is 10.3. The molecule has 0 spiro atoms. The van der Waals surface area contributed by atoms with E-state index in [2.05, 4.69) is 5.32 Å². The first-order chi connectivity index (χ1) is 10.8. The molecular formula is C14H12N2O6S. The number of carboxylic acid groups (broad SMARTS) is 1. The second kappa shape index (κ2) is 6.44. The fraction of sp³-hybridized carbons (Fsp3) is 0.0714. The van der Waals surface area contributed by atoms with Crippen molar-refractivity contribution in [2.75, 3.05) is 11.9 Å². The number of carbonyl (C=O) groups is 1. The van der Waals surface area contributed by atoms with Gasteiger partial charge in [0.25, 0.3) is 5.69 Å². The Labute approximate surface area is 131 Å². The van der Waals surface area contributed by atoms with Crippen LogP contribution in [0.5, 0.6) is 0 Å². The molecule has 2 aromatic carbocycles. The number of nitro groups is 1. The highest BCUT2D eigenvalue weighted by atomic mass is 32.2. The van der Waals surface area contributed by atoms with E-state index in [9.17, 15) is 23.3 Å². The molecule has 0 aromatic heterocycles. The number of carboxylic acids is 1. The first kappa shape index (κ1) is 16.4. The van der Waals surface area contributed by atoms with Gasteiger partial charge in [0.15, 0.2) is 0 Å². The maximum atomic E-state index is 12.6. The molecule has 120 valence electrons. The van der Waals surface area contributed by atoms with E-state index in [0.717, 1.165) is 24.3 Å². The maximum absolute atomic E-state index is 12.6. The molecule has 23 heavy (non-hydrogen) atoms. The van der Waals surface area contributed by atoms with Gasteiger partial charge in [-0.2, -0.15) is 0 Å². The molecule has 9 heteroatoms. The van der Waals surface area contributed by atoms with Crippen LogP contribution in [0.2, 0.25) is 0 Å². The van der Waals surface area contributed by atoms with E-state index in [-0.39, 0.29) is 21.2 Å². The van der Waals surface area contributed by atoms with Crippen molar-refractivity contribution in [3.63, 3.8) is 0 Å². The Balaban J connectivity index is 2.43. The summed E-state index contributed by atoms with van der Waals surface area (Å²) >= 11 is 0. The first-order valence-corrected chi connectivity index (χ1v) is 7.85. The highest BCUT2D eigenvalue weighted by Gasteiger charge is 2.22. The predicted molar refractivity (Wildman–Crippen MR) is 81.1 cm³/mol. The number of rotatable bonds is 6. The Hall–Kier alpha value is -2.94. The summed E-state index contributed by atoms with van der Waals surface area (Å²) in [5.74, 6) is -1.13. The van der Waals surface area contributed by atoms with Gasteiger partial charge in [-0.05, 0) is 24.3 Å². The van der Waals surface area contributed by atoms with Crippen molar-refractivity contribution in [1.82, 2.24) is 0 Å². The number of sulfone groups is 1. The van der Waals surface area contributed by atoms with Gasteiger partial charge >= 0.3 is 5.97 Å². The molecule has 0 aliphatic heterocycles. The van der Waals surface area contributed by atoms with E-state index >= 15 is 0 Å². The third-order valence-electron chi connectivity index (χ3n) is 2.96. The summed E-state index contributed by atoms with van der Waals surface area (Å²) in [4.78, 5) is 20.4. The van der Waals surface area contributed by atoms with Crippen molar-refractivity contribution in [1.29, 1.82) is 0 Å². The van der Waals surface area contributed by atoms with Crippen molar-refractivity contribution in [2.24, 2.45) is 0 Å². The van der Waals surface area contributed by atoms with Gasteiger partial charge in [0.1, 0.15) is 6.54 Å². The minimum Gasteiger partial charge on any atom is -0.480 e. The summed E-state index contributed by atoms with van der Waals surface area (Å²) in [6, 6.07) is 10.3. The summed E-state index contributed by atoms with van der Waals surface area (Å²) in [7, 11) is -3.94. The molecule has 0 heterocycles. The van der Waals surface area contributed by atoms with Crippen LogP contribution in [0.4, 0.5) is 11.4 Å². The van der Waals surface area contributed by atoms with Crippen LogP contribution in [0.15, 0.2) is 58.3 Å². The number of aliphatic carboxylic acids is 1. The Morgan fingerprint density at radius 2 is 1.74 bits per heavy atom. The van der Waals surface area contributed by atoms with Crippen LogP contribution in [0, 0.1) is 10.1 Å². The highest BCUT2D eigenvalue weighted by molar-refractivity contribution is 7.91. The largest absolute Gasteiger partial charge is 0.480 e. The summed E-state index contributed by atoms with van der Waals surface area (Å²) in [6.07, 6.45) is 0. The number of para-hydroxylation sites is 1. The number of nitro benzene ring substituents is 1. The van der Waals surface area contributed by atoms with E-state index < -0.39 is 27.3 Å². The molecule has 0 amide bonds. The Kier molecular flexibility index (Phi) is 4.60. The molecule has 2 rings (SSSR count). The fourth-order valence-electron chi connectivity index (χ4n) is 1.89. The topological polar surface area (TPSA) is 127 Å². The molecule has 0 fully saturated rings. The summed E-state index contributed by atoms with van der Waals surface area (Å²) in [5.41, 5.74) is -0.0745. The predicted octanol–water partition coefficient (Wildman–Crippen LogP) is 1.92.